The molecule has 0 aliphatic carbocycles. The van der Waals surface area contributed by atoms with Crippen LogP contribution in [0.4, 0.5) is 5.69 Å². The van der Waals surface area contributed by atoms with Gasteiger partial charge in [0.2, 0.25) is 0 Å². The van der Waals surface area contributed by atoms with Gasteiger partial charge in [0.05, 0.1) is 7.11 Å². The zero-order valence-corrected chi connectivity index (χ0v) is 16.0. The fourth-order valence-corrected chi connectivity index (χ4v) is 2.98. The minimum absolute atomic E-state index is 0.0213. The van der Waals surface area contributed by atoms with Gasteiger partial charge in [0.25, 0.3) is 5.91 Å². The van der Waals surface area contributed by atoms with Gasteiger partial charge in [-0.1, -0.05) is 18.2 Å². The summed E-state index contributed by atoms with van der Waals surface area (Å²) in [5, 5.41) is 2.89. The highest BCUT2D eigenvalue weighted by Crippen LogP contribution is 2.19. The van der Waals surface area contributed by atoms with Gasteiger partial charge >= 0.3 is 0 Å². The van der Waals surface area contributed by atoms with E-state index >= 15 is 0 Å². The summed E-state index contributed by atoms with van der Waals surface area (Å²) in [4.78, 5) is 16.7. The molecule has 1 aliphatic heterocycles. The molecule has 0 spiro atoms. The lowest BCUT2D eigenvalue weighted by molar-refractivity contribution is -0.123. The minimum atomic E-state index is -0.152. The first-order valence-corrected chi connectivity index (χ1v) is 9.20. The zero-order valence-electron chi connectivity index (χ0n) is 16.0. The van der Waals surface area contributed by atoms with Crippen LogP contribution in [0.5, 0.6) is 11.5 Å². The lowest BCUT2D eigenvalue weighted by Gasteiger charge is -2.34. The van der Waals surface area contributed by atoms with E-state index < -0.39 is 0 Å². The van der Waals surface area contributed by atoms with Crippen LogP contribution in [0.1, 0.15) is 5.56 Å². The Morgan fingerprint density at radius 2 is 1.74 bits per heavy atom. The molecule has 0 saturated carbocycles. The SMILES string of the molecule is COc1cccc(OCC(=O)NCc2ccc(N3CCN(C)CC3)cc2)c1. The molecule has 1 fully saturated rings. The Hall–Kier alpha value is -2.73. The molecular formula is C21H27N3O3. The molecule has 0 bridgehead atoms. The van der Waals surface area contributed by atoms with Crippen molar-refractivity contribution in [1.29, 1.82) is 0 Å². The third-order valence-corrected chi connectivity index (χ3v) is 4.71. The molecule has 6 nitrogen and oxygen atoms in total. The van der Waals surface area contributed by atoms with Crippen LogP contribution in [0.3, 0.4) is 0 Å². The summed E-state index contributed by atoms with van der Waals surface area (Å²) in [7, 11) is 3.75. The van der Waals surface area contributed by atoms with Crippen molar-refractivity contribution in [3.63, 3.8) is 0 Å². The first kappa shape index (κ1) is 19.0. The Kier molecular flexibility index (Phi) is 6.54. The van der Waals surface area contributed by atoms with E-state index in [-0.39, 0.29) is 12.5 Å². The normalized spacial score (nSPS) is 14.7. The van der Waals surface area contributed by atoms with E-state index in [1.54, 1.807) is 19.2 Å². The van der Waals surface area contributed by atoms with E-state index in [1.807, 2.05) is 12.1 Å². The topological polar surface area (TPSA) is 54.0 Å². The maximum absolute atomic E-state index is 12.0. The molecule has 6 heteroatoms. The van der Waals surface area contributed by atoms with E-state index in [2.05, 4.69) is 46.4 Å². The van der Waals surface area contributed by atoms with Crippen LogP contribution in [-0.4, -0.2) is 57.8 Å². The van der Waals surface area contributed by atoms with Crippen molar-refractivity contribution >= 4 is 11.6 Å². The lowest BCUT2D eigenvalue weighted by Crippen LogP contribution is -2.44. The number of rotatable bonds is 7. The molecule has 0 aromatic heterocycles. The molecular weight excluding hydrogens is 342 g/mol. The van der Waals surface area contributed by atoms with Gasteiger partial charge in [0, 0.05) is 44.5 Å². The van der Waals surface area contributed by atoms with Crippen LogP contribution < -0.4 is 19.7 Å². The largest absolute Gasteiger partial charge is 0.497 e. The van der Waals surface area contributed by atoms with Crippen LogP contribution in [-0.2, 0) is 11.3 Å². The van der Waals surface area contributed by atoms with Gasteiger partial charge in [-0.2, -0.15) is 0 Å². The number of carbonyl (C=O) groups is 1. The number of anilines is 1. The van der Waals surface area contributed by atoms with E-state index in [1.165, 1.54) is 5.69 Å². The Bertz CT molecular complexity index is 741. The maximum atomic E-state index is 12.0. The average Bonchev–Trinajstić information content (AvgIpc) is 2.72. The Labute approximate surface area is 160 Å². The average molecular weight is 369 g/mol. The molecule has 1 heterocycles. The number of piperazine rings is 1. The van der Waals surface area contributed by atoms with Crippen LogP contribution >= 0.6 is 0 Å². The highest BCUT2D eigenvalue weighted by molar-refractivity contribution is 5.77. The number of likely N-dealkylation sites (N-methyl/N-ethyl adjacent to an activating group) is 1. The predicted molar refractivity (Wildman–Crippen MR) is 106 cm³/mol. The Morgan fingerprint density at radius 3 is 2.44 bits per heavy atom. The first-order chi connectivity index (χ1) is 13.1. The maximum Gasteiger partial charge on any atom is 0.258 e. The van der Waals surface area contributed by atoms with Crippen molar-refractivity contribution < 1.29 is 14.3 Å². The number of hydrogen-bond donors (Lipinski definition) is 1. The summed E-state index contributed by atoms with van der Waals surface area (Å²) in [5.74, 6) is 1.16. The second-order valence-corrected chi connectivity index (χ2v) is 6.70. The third kappa shape index (κ3) is 5.62. The van der Waals surface area contributed by atoms with Gasteiger partial charge in [-0.25, -0.2) is 0 Å². The van der Waals surface area contributed by atoms with Crippen molar-refractivity contribution in [1.82, 2.24) is 10.2 Å². The molecule has 2 aromatic rings. The molecule has 0 radical (unpaired) electrons. The van der Waals surface area contributed by atoms with Crippen LogP contribution in [0.25, 0.3) is 0 Å². The minimum Gasteiger partial charge on any atom is -0.497 e. The fraction of sp³-hybridized carbons (Fsp3) is 0.381. The van der Waals surface area contributed by atoms with Crippen LogP contribution in [0.15, 0.2) is 48.5 Å². The third-order valence-electron chi connectivity index (χ3n) is 4.71. The van der Waals surface area contributed by atoms with Gasteiger partial charge in [0.15, 0.2) is 6.61 Å². The first-order valence-electron chi connectivity index (χ1n) is 9.20. The monoisotopic (exact) mass is 369 g/mol. The van der Waals surface area contributed by atoms with Crippen LogP contribution in [0.2, 0.25) is 0 Å². The number of methoxy groups -OCH3 is 1. The number of nitrogens with one attached hydrogen (secondary N) is 1. The van der Waals surface area contributed by atoms with Crippen LogP contribution in [0, 0.1) is 0 Å². The number of carbonyl (C=O) groups excluding carboxylic acids is 1. The molecule has 1 N–H and O–H groups in total. The molecule has 0 unspecified atom stereocenters. The predicted octanol–water partition coefficient (Wildman–Crippen LogP) is 2.14. The molecule has 0 atom stereocenters. The summed E-state index contributed by atoms with van der Waals surface area (Å²) in [6, 6.07) is 15.6. The number of amides is 1. The lowest BCUT2D eigenvalue weighted by atomic mass is 10.2. The second kappa shape index (κ2) is 9.28. The second-order valence-electron chi connectivity index (χ2n) is 6.70. The molecule has 1 aliphatic rings. The van der Waals surface area contributed by atoms with Gasteiger partial charge < -0.3 is 24.6 Å². The van der Waals surface area contributed by atoms with Crippen molar-refractivity contribution in [2.45, 2.75) is 6.54 Å². The van der Waals surface area contributed by atoms with Crippen molar-refractivity contribution in [2.24, 2.45) is 0 Å². The van der Waals surface area contributed by atoms with Gasteiger partial charge in [-0.15, -0.1) is 0 Å². The van der Waals surface area contributed by atoms with Crippen molar-refractivity contribution in [3.05, 3.63) is 54.1 Å². The van der Waals surface area contributed by atoms with E-state index in [0.717, 1.165) is 31.7 Å². The van der Waals surface area contributed by atoms with E-state index in [0.29, 0.717) is 18.0 Å². The number of ether oxygens (including phenoxy) is 2. The summed E-state index contributed by atoms with van der Waals surface area (Å²) in [6.45, 7) is 4.74. The van der Waals surface area contributed by atoms with Gasteiger partial charge in [-0.05, 0) is 36.9 Å². The molecule has 3 rings (SSSR count). The summed E-state index contributed by atoms with van der Waals surface area (Å²) in [6.07, 6.45) is 0. The Balaban J connectivity index is 1.43. The molecule has 1 saturated heterocycles. The van der Waals surface area contributed by atoms with E-state index in [4.69, 9.17) is 9.47 Å². The molecule has 1 amide bonds. The highest BCUT2D eigenvalue weighted by Gasteiger charge is 2.14. The van der Waals surface area contributed by atoms with E-state index in [9.17, 15) is 4.79 Å². The summed E-state index contributed by atoms with van der Waals surface area (Å²) >= 11 is 0. The smallest absolute Gasteiger partial charge is 0.258 e. The fourth-order valence-electron chi connectivity index (χ4n) is 2.98. The van der Waals surface area contributed by atoms with Gasteiger partial charge in [0.1, 0.15) is 11.5 Å². The molecule has 2 aromatic carbocycles. The van der Waals surface area contributed by atoms with Crippen molar-refractivity contribution in [2.75, 3.05) is 51.8 Å². The number of nitrogens with zero attached hydrogens (tertiary/aromatic N) is 2. The standard InChI is InChI=1S/C21H27N3O3/c1-23-10-12-24(13-11-23)18-8-6-17(7-9-18)15-22-21(25)16-27-20-5-3-4-19(14-20)26-2/h3-9,14H,10-13,15-16H2,1-2H3,(H,22,25). The molecule has 144 valence electrons. The van der Waals surface area contributed by atoms with Crippen molar-refractivity contribution in [3.8, 4) is 11.5 Å². The Morgan fingerprint density at radius 1 is 1.04 bits per heavy atom. The number of benzene rings is 2. The number of hydrogen-bond acceptors (Lipinski definition) is 5. The zero-order chi connectivity index (χ0) is 19.1. The molecule has 27 heavy (non-hydrogen) atoms. The summed E-state index contributed by atoms with van der Waals surface area (Å²) < 4.78 is 10.6. The highest BCUT2D eigenvalue weighted by atomic mass is 16.5. The summed E-state index contributed by atoms with van der Waals surface area (Å²) in [5.41, 5.74) is 2.31. The quantitative estimate of drug-likeness (QED) is 0.810. The van der Waals surface area contributed by atoms with Gasteiger partial charge in [-0.3, -0.25) is 4.79 Å².